The summed E-state index contributed by atoms with van der Waals surface area (Å²) in [5.41, 5.74) is 8.33. The third kappa shape index (κ3) is 1.90. The van der Waals surface area contributed by atoms with Crippen molar-refractivity contribution in [2.75, 3.05) is 24.4 Å². The Bertz CT molecular complexity index is 536. The number of para-hydroxylation sites is 1. The Balaban J connectivity index is 2.53. The second-order valence-corrected chi connectivity index (χ2v) is 6.60. The molecule has 0 aromatic heterocycles. The van der Waals surface area contributed by atoms with Crippen LogP contribution in [0, 0.1) is 13.8 Å². The molecule has 6 heteroatoms. The van der Waals surface area contributed by atoms with Gasteiger partial charge < -0.3 is 5.73 Å². The van der Waals surface area contributed by atoms with Crippen molar-refractivity contribution in [1.29, 1.82) is 0 Å². The number of likely N-dealkylation sites (N-methyl/N-ethyl adjacent to an activating group) is 1. The van der Waals surface area contributed by atoms with E-state index in [1.54, 1.807) is 7.05 Å². The van der Waals surface area contributed by atoms with Gasteiger partial charge in [-0.05, 0) is 25.0 Å². The van der Waals surface area contributed by atoms with Gasteiger partial charge in [-0.15, -0.1) is 0 Å². The molecule has 5 nitrogen and oxygen atoms in total. The zero-order valence-corrected chi connectivity index (χ0v) is 11.7. The first-order chi connectivity index (χ1) is 8.39. The second-order valence-electron chi connectivity index (χ2n) is 4.69. The van der Waals surface area contributed by atoms with Crippen molar-refractivity contribution in [2.24, 2.45) is 5.73 Å². The van der Waals surface area contributed by atoms with Crippen LogP contribution in [-0.2, 0) is 10.2 Å². The molecule has 1 heterocycles. The molecule has 0 saturated carbocycles. The Labute approximate surface area is 108 Å². The molecule has 2 N–H and O–H groups in total. The molecule has 0 bridgehead atoms. The number of benzene rings is 1. The summed E-state index contributed by atoms with van der Waals surface area (Å²) in [6.07, 6.45) is 0. The summed E-state index contributed by atoms with van der Waals surface area (Å²) < 4.78 is 27.6. The summed E-state index contributed by atoms with van der Waals surface area (Å²) in [4.78, 5) is 0. The van der Waals surface area contributed by atoms with Gasteiger partial charge in [0.15, 0.2) is 0 Å². The average molecular weight is 269 g/mol. The van der Waals surface area contributed by atoms with Gasteiger partial charge in [0.25, 0.3) is 0 Å². The van der Waals surface area contributed by atoms with E-state index in [1.807, 2.05) is 32.0 Å². The van der Waals surface area contributed by atoms with Crippen LogP contribution in [0.3, 0.4) is 0 Å². The first kappa shape index (κ1) is 13.3. The number of nitrogens with two attached hydrogens (primary N) is 1. The molecule has 1 saturated heterocycles. The monoisotopic (exact) mass is 269 g/mol. The van der Waals surface area contributed by atoms with E-state index < -0.39 is 10.2 Å². The van der Waals surface area contributed by atoms with Gasteiger partial charge in [-0.1, -0.05) is 18.2 Å². The van der Waals surface area contributed by atoms with Crippen molar-refractivity contribution in [2.45, 2.75) is 19.9 Å². The van der Waals surface area contributed by atoms with Gasteiger partial charge in [0, 0.05) is 13.6 Å². The summed E-state index contributed by atoms with van der Waals surface area (Å²) in [5, 5.41) is 0. The molecular weight excluding hydrogens is 250 g/mol. The van der Waals surface area contributed by atoms with E-state index in [9.17, 15) is 8.42 Å². The van der Waals surface area contributed by atoms with E-state index in [0.717, 1.165) is 16.8 Å². The largest absolute Gasteiger partial charge is 0.329 e. The molecule has 0 radical (unpaired) electrons. The van der Waals surface area contributed by atoms with Crippen molar-refractivity contribution < 1.29 is 8.42 Å². The lowest BCUT2D eigenvalue weighted by molar-refractivity contribution is 0.417. The van der Waals surface area contributed by atoms with Gasteiger partial charge in [-0.2, -0.15) is 12.7 Å². The van der Waals surface area contributed by atoms with E-state index >= 15 is 0 Å². The highest BCUT2D eigenvalue weighted by Gasteiger charge is 2.41. The highest BCUT2D eigenvalue weighted by molar-refractivity contribution is 7.90. The smallest absolute Gasteiger partial charge is 0.304 e. The zero-order chi connectivity index (χ0) is 13.5. The lowest BCUT2D eigenvalue weighted by atomic mass is 10.1. The van der Waals surface area contributed by atoms with Crippen LogP contribution in [0.5, 0.6) is 0 Å². The summed E-state index contributed by atoms with van der Waals surface area (Å²) in [6.45, 7) is 4.60. The normalized spacial score (nSPS) is 23.6. The molecular formula is C12H19N3O2S. The maximum atomic E-state index is 12.4. The summed E-state index contributed by atoms with van der Waals surface area (Å²) >= 11 is 0. The Morgan fingerprint density at radius 3 is 2.33 bits per heavy atom. The van der Waals surface area contributed by atoms with Crippen LogP contribution in [0.25, 0.3) is 0 Å². The van der Waals surface area contributed by atoms with E-state index in [0.29, 0.717) is 13.1 Å². The Morgan fingerprint density at radius 1 is 1.33 bits per heavy atom. The van der Waals surface area contributed by atoms with Gasteiger partial charge in [-0.3, -0.25) is 4.31 Å². The molecule has 1 aromatic carbocycles. The highest BCUT2D eigenvalue weighted by atomic mass is 32.2. The SMILES string of the molecule is Cc1cccc(C)c1N1CC(CN)N(C)S1(=O)=O. The van der Waals surface area contributed by atoms with Crippen molar-refractivity contribution in [3.05, 3.63) is 29.3 Å². The molecule has 1 atom stereocenters. The quantitative estimate of drug-likeness (QED) is 0.856. The number of anilines is 1. The van der Waals surface area contributed by atoms with Crippen LogP contribution < -0.4 is 10.0 Å². The Morgan fingerprint density at radius 2 is 1.89 bits per heavy atom. The van der Waals surface area contributed by atoms with E-state index in [-0.39, 0.29) is 6.04 Å². The first-order valence-corrected chi connectivity index (χ1v) is 7.31. The molecule has 1 fully saturated rings. The molecule has 1 unspecified atom stereocenters. The standard InChI is InChI=1S/C12H19N3O2S/c1-9-5-4-6-10(2)12(9)15-8-11(7-13)14(3)18(15,16)17/h4-6,11H,7-8,13H2,1-3H3. The zero-order valence-electron chi connectivity index (χ0n) is 10.9. The van der Waals surface area contributed by atoms with Gasteiger partial charge in [0.2, 0.25) is 0 Å². The second kappa shape index (κ2) is 4.53. The molecule has 100 valence electrons. The average Bonchev–Trinajstić information content (AvgIpc) is 2.52. The summed E-state index contributed by atoms with van der Waals surface area (Å²) in [6, 6.07) is 5.62. The predicted molar refractivity (Wildman–Crippen MR) is 72.8 cm³/mol. The Hall–Kier alpha value is -1.11. The molecule has 0 aliphatic carbocycles. The van der Waals surface area contributed by atoms with Crippen LogP contribution in [0.4, 0.5) is 5.69 Å². The van der Waals surface area contributed by atoms with Crippen molar-refractivity contribution >= 4 is 15.9 Å². The van der Waals surface area contributed by atoms with Crippen LogP contribution in [0.1, 0.15) is 11.1 Å². The van der Waals surface area contributed by atoms with Crippen LogP contribution in [-0.4, -0.2) is 38.9 Å². The predicted octanol–water partition coefficient (Wildman–Crippen LogP) is 0.627. The summed E-state index contributed by atoms with van der Waals surface area (Å²) in [7, 11) is -1.85. The highest BCUT2D eigenvalue weighted by Crippen LogP contribution is 2.32. The molecule has 2 rings (SSSR count). The molecule has 1 aliphatic rings. The van der Waals surface area contributed by atoms with Crippen molar-refractivity contribution in [1.82, 2.24) is 4.31 Å². The van der Waals surface area contributed by atoms with Crippen molar-refractivity contribution in [3.63, 3.8) is 0 Å². The minimum Gasteiger partial charge on any atom is -0.329 e. The fourth-order valence-electron chi connectivity index (χ4n) is 2.37. The molecule has 0 amide bonds. The fraction of sp³-hybridized carbons (Fsp3) is 0.500. The third-order valence-electron chi connectivity index (χ3n) is 3.49. The number of aryl methyl sites for hydroxylation is 2. The molecule has 1 aliphatic heterocycles. The van der Waals surface area contributed by atoms with Gasteiger partial charge in [0.05, 0.1) is 18.3 Å². The van der Waals surface area contributed by atoms with Gasteiger partial charge in [-0.25, -0.2) is 0 Å². The number of hydrogen-bond acceptors (Lipinski definition) is 3. The van der Waals surface area contributed by atoms with Crippen LogP contribution >= 0.6 is 0 Å². The number of rotatable bonds is 2. The van der Waals surface area contributed by atoms with Crippen LogP contribution in [0.2, 0.25) is 0 Å². The van der Waals surface area contributed by atoms with Gasteiger partial charge >= 0.3 is 10.2 Å². The lowest BCUT2D eigenvalue weighted by Crippen LogP contribution is -2.36. The Kier molecular flexibility index (Phi) is 3.35. The molecule has 18 heavy (non-hydrogen) atoms. The van der Waals surface area contributed by atoms with Crippen LogP contribution in [0.15, 0.2) is 18.2 Å². The molecule has 1 aromatic rings. The summed E-state index contributed by atoms with van der Waals surface area (Å²) in [5.74, 6) is 0. The van der Waals surface area contributed by atoms with Gasteiger partial charge in [0.1, 0.15) is 0 Å². The van der Waals surface area contributed by atoms with E-state index in [1.165, 1.54) is 8.61 Å². The molecule has 0 spiro atoms. The van der Waals surface area contributed by atoms with E-state index in [2.05, 4.69) is 0 Å². The number of nitrogens with zero attached hydrogens (tertiary/aromatic N) is 2. The minimum absolute atomic E-state index is 0.158. The van der Waals surface area contributed by atoms with E-state index in [4.69, 9.17) is 5.73 Å². The maximum Gasteiger partial charge on any atom is 0.304 e. The topological polar surface area (TPSA) is 66.6 Å². The number of hydrogen-bond donors (Lipinski definition) is 1. The lowest BCUT2D eigenvalue weighted by Gasteiger charge is -2.21. The fourth-order valence-corrected chi connectivity index (χ4v) is 4.09. The first-order valence-electron chi connectivity index (χ1n) is 5.91. The van der Waals surface area contributed by atoms with Crippen molar-refractivity contribution in [3.8, 4) is 0 Å². The minimum atomic E-state index is -3.44. The third-order valence-corrected chi connectivity index (χ3v) is 5.41. The maximum absolute atomic E-state index is 12.4.